The lowest BCUT2D eigenvalue weighted by Gasteiger charge is -2.36. The molecule has 0 aromatic heterocycles. The van der Waals surface area contributed by atoms with Crippen molar-refractivity contribution in [1.29, 1.82) is 0 Å². The van der Waals surface area contributed by atoms with E-state index in [4.69, 9.17) is 11.6 Å². The molecule has 0 fully saturated rings. The first kappa shape index (κ1) is 33.7. The summed E-state index contributed by atoms with van der Waals surface area (Å²) in [4.78, 5) is 30.2. The summed E-state index contributed by atoms with van der Waals surface area (Å²) in [6, 6.07) is 29.2. The smallest absolute Gasteiger partial charge is 0.264 e. The van der Waals surface area contributed by atoms with Crippen LogP contribution in [0, 0.1) is 13.8 Å². The number of sulfonamides is 1. The molecule has 0 aliphatic carbocycles. The molecule has 1 N–H and O–H groups in total. The predicted octanol–water partition coefficient (Wildman–Crippen LogP) is 6.71. The molecule has 236 valence electrons. The Hall–Kier alpha value is -4.14. The molecule has 1 atom stereocenters. The molecule has 45 heavy (non-hydrogen) atoms. The summed E-state index contributed by atoms with van der Waals surface area (Å²) in [6.45, 7) is 8.87. The van der Waals surface area contributed by atoms with E-state index in [1.165, 1.54) is 17.0 Å². The first-order chi connectivity index (χ1) is 21.3. The van der Waals surface area contributed by atoms with Crippen molar-refractivity contribution >= 4 is 39.1 Å². The van der Waals surface area contributed by atoms with E-state index in [0.717, 1.165) is 21.0 Å². The highest BCUT2D eigenvalue weighted by Gasteiger charge is 2.36. The lowest BCUT2D eigenvalue weighted by Crippen LogP contribution is -2.56. The number of carbonyl (C=O) groups is 2. The largest absolute Gasteiger partial charge is 0.350 e. The Balaban J connectivity index is 1.85. The second kappa shape index (κ2) is 14.3. The average molecular weight is 646 g/mol. The predicted molar refractivity (Wildman–Crippen MR) is 181 cm³/mol. The summed E-state index contributed by atoms with van der Waals surface area (Å²) in [6.07, 6.45) is 0.238. The molecule has 0 radical (unpaired) electrons. The first-order valence-corrected chi connectivity index (χ1v) is 16.6. The van der Waals surface area contributed by atoms with Crippen molar-refractivity contribution in [2.75, 3.05) is 10.8 Å². The Morgan fingerprint density at radius 1 is 0.822 bits per heavy atom. The van der Waals surface area contributed by atoms with Crippen molar-refractivity contribution in [2.24, 2.45) is 0 Å². The number of amides is 2. The van der Waals surface area contributed by atoms with Crippen LogP contribution in [-0.4, -0.2) is 43.3 Å². The Labute approximate surface area is 271 Å². The van der Waals surface area contributed by atoms with Gasteiger partial charge in [-0.1, -0.05) is 90.5 Å². The lowest BCUT2D eigenvalue weighted by molar-refractivity contribution is -0.140. The van der Waals surface area contributed by atoms with Gasteiger partial charge in [0.2, 0.25) is 11.8 Å². The van der Waals surface area contributed by atoms with Gasteiger partial charge in [0, 0.05) is 23.5 Å². The number of rotatable bonds is 11. The third-order valence-electron chi connectivity index (χ3n) is 7.49. The molecule has 0 bridgehead atoms. The van der Waals surface area contributed by atoms with Crippen LogP contribution < -0.4 is 9.62 Å². The minimum Gasteiger partial charge on any atom is -0.350 e. The third kappa shape index (κ3) is 8.53. The average Bonchev–Trinajstić information content (AvgIpc) is 3.00. The lowest BCUT2D eigenvalue weighted by atomic mass is 10.00. The zero-order valence-electron chi connectivity index (χ0n) is 26.3. The normalized spacial score (nSPS) is 12.3. The van der Waals surface area contributed by atoms with Gasteiger partial charge < -0.3 is 10.2 Å². The number of hydrogen-bond donors (Lipinski definition) is 1. The van der Waals surface area contributed by atoms with E-state index in [-0.39, 0.29) is 29.5 Å². The molecule has 0 saturated heterocycles. The Morgan fingerprint density at radius 3 is 2.04 bits per heavy atom. The summed E-state index contributed by atoms with van der Waals surface area (Å²) >= 11 is 6.45. The Morgan fingerprint density at radius 2 is 1.42 bits per heavy atom. The van der Waals surface area contributed by atoms with Crippen LogP contribution in [0.25, 0.3) is 0 Å². The zero-order valence-corrected chi connectivity index (χ0v) is 27.9. The van der Waals surface area contributed by atoms with Crippen molar-refractivity contribution in [3.63, 3.8) is 0 Å². The molecule has 0 heterocycles. The molecule has 2 amide bonds. The number of hydrogen-bond acceptors (Lipinski definition) is 4. The van der Waals surface area contributed by atoms with E-state index in [9.17, 15) is 18.0 Å². The van der Waals surface area contributed by atoms with Gasteiger partial charge in [0.15, 0.2) is 0 Å². The molecule has 0 unspecified atom stereocenters. The molecule has 4 aromatic carbocycles. The van der Waals surface area contributed by atoms with Crippen LogP contribution in [0.3, 0.4) is 0 Å². The number of nitrogens with zero attached hydrogens (tertiary/aromatic N) is 2. The SMILES string of the molecule is Cc1ccccc1CN(C(=O)CN(c1cccc(Cl)c1C)S(=O)(=O)c1ccccc1)[C@@H](Cc1ccccc1)C(=O)NC(C)(C)C. The van der Waals surface area contributed by atoms with Gasteiger partial charge in [-0.15, -0.1) is 0 Å². The minimum atomic E-state index is -4.21. The molecule has 7 nitrogen and oxygen atoms in total. The minimum absolute atomic E-state index is 0.0361. The van der Waals surface area contributed by atoms with Crippen LogP contribution in [0.4, 0.5) is 5.69 Å². The highest BCUT2D eigenvalue weighted by molar-refractivity contribution is 7.92. The fourth-order valence-corrected chi connectivity index (χ4v) is 6.74. The number of anilines is 1. The van der Waals surface area contributed by atoms with E-state index in [1.807, 2.05) is 82.3 Å². The van der Waals surface area contributed by atoms with E-state index >= 15 is 0 Å². The fraction of sp³-hybridized carbons (Fsp3) is 0.278. The number of benzene rings is 4. The maximum Gasteiger partial charge on any atom is 0.264 e. The number of aryl methyl sites for hydroxylation is 1. The maximum absolute atomic E-state index is 14.6. The van der Waals surface area contributed by atoms with Gasteiger partial charge in [-0.2, -0.15) is 0 Å². The summed E-state index contributed by atoms with van der Waals surface area (Å²) in [5.74, 6) is -0.855. The zero-order chi connectivity index (χ0) is 32.8. The highest BCUT2D eigenvalue weighted by atomic mass is 35.5. The van der Waals surface area contributed by atoms with E-state index < -0.39 is 34.1 Å². The number of halogens is 1. The monoisotopic (exact) mass is 645 g/mol. The standard InChI is InChI=1S/C36H40ClN3O4S/c1-26-15-12-13-18-29(26)24-39(33(35(42)38-36(3,4)5)23-28-16-8-6-9-17-28)34(41)25-40(32-22-14-21-31(37)27(32)2)45(43,44)30-19-10-7-11-20-30/h6-22,33H,23-25H2,1-5H3,(H,38,42)/t33-/m0/s1. The Bertz CT molecular complexity index is 1740. The van der Waals surface area contributed by atoms with Crippen LogP contribution in [0.15, 0.2) is 108 Å². The van der Waals surface area contributed by atoms with Gasteiger partial charge in [-0.3, -0.25) is 13.9 Å². The van der Waals surface area contributed by atoms with E-state index in [0.29, 0.717) is 10.6 Å². The van der Waals surface area contributed by atoms with Gasteiger partial charge in [0.25, 0.3) is 10.0 Å². The quantitative estimate of drug-likeness (QED) is 0.197. The molecule has 4 rings (SSSR count). The second-order valence-corrected chi connectivity index (χ2v) is 14.4. The van der Waals surface area contributed by atoms with Crippen molar-refractivity contribution in [3.05, 3.63) is 130 Å². The topological polar surface area (TPSA) is 86.8 Å². The molecule has 0 aliphatic rings. The van der Waals surface area contributed by atoms with Gasteiger partial charge >= 0.3 is 0 Å². The first-order valence-electron chi connectivity index (χ1n) is 14.8. The van der Waals surface area contributed by atoms with Crippen LogP contribution in [0.2, 0.25) is 5.02 Å². The molecule has 4 aromatic rings. The maximum atomic E-state index is 14.6. The van der Waals surface area contributed by atoms with Gasteiger partial charge in [0.05, 0.1) is 10.6 Å². The fourth-order valence-electron chi connectivity index (χ4n) is 5.08. The molecule has 9 heteroatoms. The molecular formula is C36H40ClN3O4S. The van der Waals surface area contributed by atoms with E-state index in [2.05, 4.69) is 5.32 Å². The number of carbonyl (C=O) groups excluding carboxylic acids is 2. The molecule has 0 saturated carbocycles. The van der Waals surface area contributed by atoms with Crippen LogP contribution in [0.5, 0.6) is 0 Å². The molecular weight excluding hydrogens is 606 g/mol. The van der Waals surface area contributed by atoms with E-state index in [1.54, 1.807) is 43.3 Å². The Kier molecular flexibility index (Phi) is 10.7. The highest BCUT2D eigenvalue weighted by Crippen LogP contribution is 2.31. The summed E-state index contributed by atoms with van der Waals surface area (Å²) in [5.41, 5.74) is 2.91. The number of nitrogens with one attached hydrogen (secondary N) is 1. The van der Waals surface area contributed by atoms with Crippen molar-refractivity contribution in [2.45, 2.75) is 64.1 Å². The molecule has 0 aliphatic heterocycles. The van der Waals surface area contributed by atoms with Gasteiger partial charge in [-0.05, 0) is 81.1 Å². The second-order valence-electron chi connectivity index (χ2n) is 12.1. The van der Waals surface area contributed by atoms with Crippen molar-refractivity contribution in [3.8, 4) is 0 Å². The molecule has 0 spiro atoms. The van der Waals surface area contributed by atoms with Gasteiger partial charge in [-0.25, -0.2) is 8.42 Å². The van der Waals surface area contributed by atoms with Gasteiger partial charge in [0.1, 0.15) is 12.6 Å². The summed E-state index contributed by atoms with van der Waals surface area (Å²) in [5, 5.41) is 3.42. The van der Waals surface area contributed by atoms with Crippen molar-refractivity contribution in [1.82, 2.24) is 10.2 Å². The van der Waals surface area contributed by atoms with Crippen LogP contribution in [0.1, 0.15) is 43.0 Å². The van der Waals surface area contributed by atoms with Crippen LogP contribution in [-0.2, 0) is 32.6 Å². The summed E-state index contributed by atoms with van der Waals surface area (Å²) in [7, 11) is -4.21. The van der Waals surface area contributed by atoms with Crippen LogP contribution >= 0.6 is 11.6 Å². The summed E-state index contributed by atoms with van der Waals surface area (Å²) < 4.78 is 29.5. The van der Waals surface area contributed by atoms with Crippen molar-refractivity contribution < 1.29 is 18.0 Å². The third-order valence-corrected chi connectivity index (χ3v) is 9.67.